The molecule has 0 fully saturated rings. The highest BCUT2D eigenvalue weighted by Gasteiger charge is 2.00. The van der Waals surface area contributed by atoms with Gasteiger partial charge in [0.05, 0.1) is 0 Å². The second-order valence-electron chi connectivity index (χ2n) is 3.29. The Morgan fingerprint density at radius 1 is 1.25 bits per heavy atom. The minimum absolute atomic E-state index is 0.468. The molecule has 0 saturated heterocycles. The van der Waals surface area contributed by atoms with Gasteiger partial charge in [0.2, 0.25) is 5.88 Å². The topological polar surface area (TPSA) is 52.1 Å². The van der Waals surface area contributed by atoms with E-state index in [1.165, 1.54) is 6.33 Å². The summed E-state index contributed by atoms with van der Waals surface area (Å²) < 4.78 is 5.49. The van der Waals surface area contributed by atoms with E-state index >= 15 is 0 Å². The predicted molar refractivity (Wildman–Crippen MR) is 58.7 cm³/mol. The molecule has 1 aromatic carbocycles. The Bertz CT molecular complexity index is 512. The van der Waals surface area contributed by atoms with Crippen molar-refractivity contribution in [3.8, 4) is 11.6 Å². The van der Waals surface area contributed by atoms with E-state index in [2.05, 4.69) is 9.97 Å². The summed E-state index contributed by atoms with van der Waals surface area (Å²) in [7, 11) is 0. The molecule has 4 nitrogen and oxygen atoms in total. The molecule has 16 heavy (non-hydrogen) atoms. The Morgan fingerprint density at radius 2 is 2.12 bits per heavy atom. The van der Waals surface area contributed by atoms with Gasteiger partial charge in [-0.15, -0.1) is 0 Å². The van der Waals surface area contributed by atoms with E-state index in [0.717, 1.165) is 12.0 Å². The Hall–Kier alpha value is -2.23. The van der Waals surface area contributed by atoms with Gasteiger partial charge in [-0.25, -0.2) is 9.97 Å². The summed E-state index contributed by atoms with van der Waals surface area (Å²) >= 11 is 0. The van der Waals surface area contributed by atoms with Gasteiger partial charge in [-0.05, 0) is 19.1 Å². The molecule has 1 aromatic heterocycles. The Kier molecular flexibility index (Phi) is 2.91. The molecule has 0 aliphatic rings. The number of aldehydes is 1. The van der Waals surface area contributed by atoms with Crippen molar-refractivity contribution in [2.45, 2.75) is 6.92 Å². The van der Waals surface area contributed by atoms with Crippen LogP contribution < -0.4 is 4.74 Å². The molecule has 0 amide bonds. The summed E-state index contributed by atoms with van der Waals surface area (Å²) in [6, 6.07) is 8.63. The standard InChI is InChI=1S/C12H10N2O2/c1-9-5-12(14-8-13-9)16-11-4-2-3-10(6-11)7-15/h2-8H,1H3. The van der Waals surface area contributed by atoms with Crippen molar-refractivity contribution >= 4 is 6.29 Å². The van der Waals surface area contributed by atoms with Crippen LogP contribution in [-0.4, -0.2) is 16.3 Å². The van der Waals surface area contributed by atoms with E-state index in [1.807, 2.05) is 6.92 Å². The number of carbonyl (C=O) groups excluding carboxylic acids is 1. The molecular weight excluding hydrogens is 204 g/mol. The zero-order valence-corrected chi connectivity index (χ0v) is 8.75. The van der Waals surface area contributed by atoms with E-state index in [0.29, 0.717) is 17.2 Å². The molecule has 0 unspecified atom stereocenters. The third kappa shape index (κ3) is 2.42. The number of benzene rings is 1. The van der Waals surface area contributed by atoms with Crippen LogP contribution in [0.1, 0.15) is 16.1 Å². The highest BCUT2D eigenvalue weighted by molar-refractivity contribution is 5.75. The number of aryl methyl sites for hydroxylation is 1. The van der Waals surface area contributed by atoms with Crippen LogP contribution in [0.2, 0.25) is 0 Å². The third-order valence-electron chi connectivity index (χ3n) is 2.00. The smallest absolute Gasteiger partial charge is 0.222 e. The van der Waals surface area contributed by atoms with Gasteiger partial charge in [0, 0.05) is 17.3 Å². The maximum Gasteiger partial charge on any atom is 0.222 e. The number of hydrogen-bond acceptors (Lipinski definition) is 4. The maximum atomic E-state index is 10.6. The Balaban J connectivity index is 2.23. The molecule has 0 aliphatic carbocycles. The zero-order chi connectivity index (χ0) is 11.4. The quantitative estimate of drug-likeness (QED) is 0.736. The van der Waals surface area contributed by atoms with E-state index in [4.69, 9.17) is 4.74 Å². The van der Waals surface area contributed by atoms with Crippen molar-refractivity contribution in [1.29, 1.82) is 0 Å². The van der Waals surface area contributed by atoms with E-state index in [-0.39, 0.29) is 0 Å². The first-order chi connectivity index (χ1) is 7.78. The van der Waals surface area contributed by atoms with Crippen LogP contribution in [0.4, 0.5) is 0 Å². The van der Waals surface area contributed by atoms with Crippen molar-refractivity contribution in [2.75, 3.05) is 0 Å². The summed E-state index contributed by atoms with van der Waals surface area (Å²) in [5.74, 6) is 1.05. The fraction of sp³-hybridized carbons (Fsp3) is 0.0833. The lowest BCUT2D eigenvalue weighted by Gasteiger charge is -2.04. The number of rotatable bonds is 3. The van der Waals surface area contributed by atoms with Gasteiger partial charge in [0.25, 0.3) is 0 Å². The Labute approximate surface area is 92.9 Å². The van der Waals surface area contributed by atoms with Crippen molar-refractivity contribution in [2.24, 2.45) is 0 Å². The lowest BCUT2D eigenvalue weighted by Crippen LogP contribution is -1.91. The lowest BCUT2D eigenvalue weighted by atomic mass is 10.2. The van der Waals surface area contributed by atoms with Crippen molar-refractivity contribution in [1.82, 2.24) is 9.97 Å². The monoisotopic (exact) mass is 214 g/mol. The van der Waals surface area contributed by atoms with E-state index < -0.39 is 0 Å². The first-order valence-electron chi connectivity index (χ1n) is 4.79. The molecule has 2 rings (SSSR count). The van der Waals surface area contributed by atoms with Crippen LogP contribution in [0.15, 0.2) is 36.7 Å². The van der Waals surface area contributed by atoms with Crippen LogP contribution >= 0.6 is 0 Å². The number of ether oxygens (including phenoxy) is 1. The predicted octanol–water partition coefficient (Wildman–Crippen LogP) is 2.39. The van der Waals surface area contributed by atoms with Gasteiger partial charge < -0.3 is 4.74 Å². The summed E-state index contributed by atoms with van der Waals surface area (Å²) in [5, 5.41) is 0. The van der Waals surface area contributed by atoms with Crippen molar-refractivity contribution in [3.05, 3.63) is 47.9 Å². The second kappa shape index (κ2) is 4.53. The van der Waals surface area contributed by atoms with Crippen LogP contribution in [0.3, 0.4) is 0 Å². The molecule has 2 aromatic rings. The number of aromatic nitrogens is 2. The molecule has 0 aliphatic heterocycles. The highest BCUT2D eigenvalue weighted by atomic mass is 16.5. The first-order valence-corrected chi connectivity index (χ1v) is 4.79. The summed E-state index contributed by atoms with van der Waals surface area (Å²) in [4.78, 5) is 18.5. The molecule has 0 atom stereocenters. The number of nitrogens with zero attached hydrogens (tertiary/aromatic N) is 2. The van der Waals surface area contributed by atoms with Gasteiger partial charge in [-0.2, -0.15) is 0 Å². The van der Waals surface area contributed by atoms with Gasteiger partial charge in [0.15, 0.2) is 0 Å². The molecular formula is C12H10N2O2. The number of hydrogen-bond donors (Lipinski definition) is 0. The first kappa shape index (κ1) is 10.3. The molecule has 80 valence electrons. The molecule has 0 spiro atoms. The van der Waals surface area contributed by atoms with Gasteiger partial charge >= 0.3 is 0 Å². The SMILES string of the molecule is Cc1cc(Oc2cccc(C=O)c2)ncn1. The van der Waals surface area contributed by atoms with Crippen LogP contribution in [0.25, 0.3) is 0 Å². The molecule has 0 saturated carbocycles. The second-order valence-corrected chi connectivity index (χ2v) is 3.29. The van der Waals surface area contributed by atoms with Crippen molar-refractivity contribution in [3.63, 3.8) is 0 Å². The van der Waals surface area contributed by atoms with Crippen LogP contribution in [0.5, 0.6) is 11.6 Å². The van der Waals surface area contributed by atoms with Gasteiger partial charge in [0.1, 0.15) is 18.4 Å². The van der Waals surface area contributed by atoms with Crippen molar-refractivity contribution < 1.29 is 9.53 Å². The largest absolute Gasteiger partial charge is 0.439 e. The minimum atomic E-state index is 0.468. The molecule has 0 bridgehead atoms. The molecule has 1 heterocycles. The van der Waals surface area contributed by atoms with Crippen LogP contribution in [0, 0.1) is 6.92 Å². The third-order valence-corrected chi connectivity index (χ3v) is 2.00. The van der Waals surface area contributed by atoms with Crippen LogP contribution in [-0.2, 0) is 0 Å². The highest BCUT2D eigenvalue weighted by Crippen LogP contribution is 2.19. The lowest BCUT2D eigenvalue weighted by molar-refractivity contribution is 0.112. The summed E-state index contributed by atoms with van der Waals surface area (Å²) in [6.07, 6.45) is 2.21. The fourth-order valence-electron chi connectivity index (χ4n) is 1.26. The Morgan fingerprint density at radius 3 is 2.88 bits per heavy atom. The van der Waals surface area contributed by atoms with E-state index in [1.54, 1.807) is 30.3 Å². The average molecular weight is 214 g/mol. The summed E-state index contributed by atoms with van der Waals surface area (Å²) in [5.41, 5.74) is 1.40. The average Bonchev–Trinajstić information content (AvgIpc) is 2.29. The molecule has 0 radical (unpaired) electrons. The van der Waals surface area contributed by atoms with E-state index in [9.17, 15) is 4.79 Å². The zero-order valence-electron chi connectivity index (χ0n) is 8.75. The molecule has 4 heteroatoms. The number of carbonyl (C=O) groups is 1. The summed E-state index contributed by atoms with van der Waals surface area (Å²) in [6.45, 7) is 1.86. The minimum Gasteiger partial charge on any atom is -0.439 e. The maximum absolute atomic E-state index is 10.6. The van der Waals surface area contributed by atoms with Gasteiger partial charge in [-0.1, -0.05) is 12.1 Å². The van der Waals surface area contributed by atoms with Gasteiger partial charge in [-0.3, -0.25) is 4.79 Å². The normalized spacial score (nSPS) is 9.81. The molecule has 0 N–H and O–H groups in total. The fourth-order valence-corrected chi connectivity index (χ4v) is 1.26.